The Labute approximate surface area is 116 Å². The number of aldehydes is 1. The molecule has 4 nitrogen and oxygen atoms in total. The van der Waals surface area contributed by atoms with Crippen LogP contribution in [0.15, 0.2) is 18.2 Å². The molecule has 0 unspecified atom stereocenters. The number of carbonyl (C=O) groups excluding carboxylic acids is 2. The van der Waals surface area contributed by atoms with Crippen LogP contribution in [0.4, 0.5) is 0 Å². The van der Waals surface area contributed by atoms with Crippen molar-refractivity contribution in [3.8, 4) is 11.5 Å². The minimum atomic E-state index is -0.151. The third kappa shape index (κ3) is 4.79. The third-order valence-corrected chi connectivity index (χ3v) is 3.22. The van der Waals surface area contributed by atoms with Crippen LogP contribution >= 0.6 is 11.8 Å². The summed E-state index contributed by atoms with van der Waals surface area (Å²) in [5.74, 6) is 0.839. The summed E-state index contributed by atoms with van der Waals surface area (Å²) in [6, 6.07) is 3.23. The molecule has 0 atom stereocenters. The molecule has 0 aliphatic heterocycles. The monoisotopic (exact) mass is 280 g/mol. The number of hydrogen-bond donors (Lipinski definition) is 1. The summed E-state index contributed by atoms with van der Waals surface area (Å²) in [6.07, 6.45) is 5.08. The fourth-order valence-electron chi connectivity index (χ4n) is 1.48. The van der Waals surface area contributed by atoms with Gasteiger partial charge in [-0.3, -0.25) is 9.59 Å². The highest BCUT2D eigenvalue weighted by Gasteiger charge is 2.08. The van der Waals surface area contributed by atoms with Crippen LogP contribution in [-0.4, -0.2) is 29.4 Å². The van der Waals surface area contributed by atoms with E-state index in [1.165, 1.54) is 25.8 Å². The number of allylic oxidation sites excluding steroid dienone is 1. The zero-order valence-electron chi connectivity index (χ0n) is 10.9. The van der Waals surface area contributed by atoms with Crippen molar-refractivity contribution < 1.29 is 19.4 Å². The maximum absolute atomic E-state index is 10.8. The second-order valence-corrected chi connectivity index (χ2v) is 5.08. The van der Waals surface area contributed by atoms with E-state index in [1.807, 2.05) is 12.2 Å². The molecule has 0 amide bonds. The fraction of sp³-hybridized carbons (Fsp3) is 0.286. The van der Waals surface area contributed by atoms with E-state index in [9.17, 15) is 14.7 Å². The lowest BCUT2D eigenvalue weighted by atomic mass is 10.1. The van der Waals surface area contributed by atoms with E-state index in [-0.39, 0.29) is 22.2 Å². The first-order valence-electron chi connectivity index (χ1n) is 5.74. The number of benzene rings is 1. The van der Waals surface area contributed by atoms with Crippen LogP contribution in [0, 0.1) is 0 Å². The molecule has 102 valence electrons. The molecule has 0 bridgehead atoms. The third-order valence-electron chi connectivity index (χ3n) is 2.37. The van der Waals surface area contributed by atoms with Gasteiger partial charge in [0.15, 0.2) is 22.9 Å². The molecule has 1 N–H and O–H groups in total. The molecule has 0 fully saturated rings. The molecule has 5 heteroatoms. The standard InChI is InChI=1S/C14H16O4S/c1-10(16)19-6-4-3-5-11-7-12(9-15)14(17)13(8-11)18-2/h3,5,7-9,17H,4,6H2,1-2H3. The Morgan fingerprint density at radius 2 is 2.21 bits per heavy atom. The van der Waals surface area contributed by atoms with E-state index in [4.69, 9.17) is 4.74 Å². The average Bonchev–Trinajstić information content (AvgIpc) is 2.39. The maximum atomic E-state index is 10.8. The highest BCUT2D eigenvalue weighted by atomic mass is 32.2. The van der Waals surface area contributed by atoms with Crippen LogP contribution < -0.4 is 4.74 Å². The van der Waals surface area contributed by atoms with Gasteiger partial charge in [-0.2, -0.15) is 0 Å². The van der Waals surface area contributed by atoms with Crippen LogP contribution in [0.3, 0.4) is 0 Å². The molecule has 0 aliphatic carbocycles. The number of ether oxygens (including phenoxy) is 1. The van der Waals surface area contributed by atoms with Gasteiger partial charge in [-0.1, -0.05) is 23.9 Å². The Morgan fingerprint density at radius 1 is 1.47 bits per heavy atom. The van der Waals surface area contributed by atoms with Crippen molar-refractivity contribution in [1.82, 2.24) is 0 Å². The van der Waals surface area contributed by atoms with Gasteiger partial charge in [-0.05, 0) is 24.1 Å². The van der Waals surface area contributed by atoms with Gasteiger partial charge in [-0.15, -0.1) is 0 Å². The van der Waals surface area contributed by atoms with Crippen LogP contribution in [0.25, 0.3) is 6.08 Å². The summed E-state index contributed by atoms with van der Waals surface area (Å²) in [5, 5.41) is 9.76. The van der Waals surface area contributed by atoms with Crippen LogP contribution in [0.2, 0.25) is 0 Å². The second-order valence-electron chi connectivity index (χ2n) is 3.81. The summed E-state index contributed by atoms with van der Waals surface area (Å²) in [4.78, 5) is 21.6. The normalized spacial score (nSPS) is 10.6. The van der Waals surface area contributed by atoms with E-state index in [2.05, 4.69) is 0 Å². The van der Waals surface area contributed by atoms with Crippen molar-refractivity contribution >= 4 is 29.2 Å². The van der Waals surface area contributed by atoms with Crippen molar-refractivity contribution in [1.29, 1.82) is 0 Å². The molecule has 1 aromatic carbocycles. The van der Waals surface area contributed by atoms with E-state index in [0.717, 1.165) is 17.7 Å². The second kappa shape index (κ2) is 7.63. The Balaban J connectivity index is 2.75. The van der Waals surface area contributed by atoms with E-state index in [1.54, 1.807) is 12.1 Å². The van der Waals surface area contributed by atoms with Crippen molar-refractivity contribution in [3.05, 3.63) is 29.3 Å². The van der Waals surface area contributed by atoms with Crippen molar-refractivity contribution in [2.24, 2.45) is 0 Å². The van der Waals surface area contributed by atoms with Crippen molar-refractivity contribution in [3.63, 3.8) is 0 Å². The number of hydrogen-bond acceptors (Lipinski definition) is 5. The Bertz CT molecular complexity index is 494. The smallest absolute Gasteiger partial charge is 0.185 e. The molecular formula is C14H16O4S. The van der Waals surface area contributed by atoms with Gasteiger partial charge < -0.3 is 9.84 Å². The zero-order chi connectivity index (χ0) is 14.3. The van der Waals surface area contributed by atoms with E-state index < -0.39 is 0 Å². The minimum Gasteiger partial charge on any atom is -0.504 e. The topological polar surface area (TPSA) is 63.6 Å². The van der Waals surface area contributed by atoms with Gasteiger partial charge in [0.25, 0.3) is 0 Å². The first-order valence-corrected chi connectivity index (χ1v) is 6.73. The number of phenols is 1. The number of carbonyl (C=O) groups is 2. The molecule has 0 saturated carbocycles. The van der Waals surface area contributed by atoms with Crippen LogP contribution in [0.5, 0.6) is 11.5 Å². The SMILES string of the molecule is COc1cc(C=CCCSC(C)=O)cc(C=O)c1O. The first kappa shape index (κ1) is 15.3. The molecule has 0 aliphatic rings. The molecule has 1 aromatic rings. The number of rotatable bonds is 6. The summed E-state index contributed by atoms with van der Waals surface area (Å²) in [5.41, 5.74) is 0.960. The first-order chi connectivity index (χ1) is 9.08. The van der Waals surface area contributed by atoms with Crippen molar-refractivity contribution in [2.45, 2.75) is 13.3 Å². The van der Waals surface area contributed by atoms with Gasteiger partial charge in [-0.25, -0.2) is 0 Å². The van der Waals surface area contributed by atoms with Gasteiger partial charge in [0.1, 0.15) is 0 Å². The Morgan fingerprint density at radius 3 is 2.79 bits per heavy atom. The molecule has 19 heavy (non-hydrogen) atoms. The molecule has 0 spiro atoms. The maximum Gasteiger partial charge on any atom is 0.185 e. The summed E-state index contributed by atoms with van der Waals surface area (Å²) in [7, 11) is 1.43. The van der Waals surface area contributed by atoms with E-state index in [0.29, 0.717) is 6.29 Å². The summed E-state index contributed by atoms with van der Waals surface area (Å²) >= 11 is 1.27. The molecule has 0 radical (unpaired) electrons. The highest BCUT2D eigenvalue weighted by molar-refractivity contribution is 8.13. The van der Waals surface area contributed by atoms with Gasteiger partial charge in [0.2, 0.25) is 0 Å². The summed E-state index contributed by atoms with van der Waals surface area (Å²) in [6.45, 7) is 1.54. The molecular weight excluding hydrogens is 264 g/mol. The lowest BCUT2D eigenvalue weighted by Crippen LogP contribution is -1.90. The molecule has 0 heterocycles. The largest absolute Gasteiger partial charge is 0.504 e. The zero-order valence-corrected chi connectivity index (χ0v) is 11.7. The van der Waals surface area contributed by atoms with Gasteiger partial charge in [0.05, 0.1) is 12.7 Å². The lowest BCUT2D eigenvalue weighted by molar-refractivity contribution is -0.109. The van der Waals surface area contributed by atoms with Crippen LogP contribution in [-0.2, 0) is 4.79 Å². The number of phenolic OH excluding ortho intramolecular Hbond substituents is 1. The van der Waals surface area contributed by atoms with Crippen LogP contribution in [0.1, 0.15) is 29.3 Å². The predicted molar refractivity (Wildman–Crippen MR) is 76.8 cm³/mol. The highest BCUT2D eigenvalue weighted by Crippen LogP contribution is 2.30. The number of aromatic hydroxyl groups is 1. The molecule has 1 rings (SSSR count). The molecule has 0 saturated heterocycles. The number of methoxy groups -OCH3 is 1. The lowest BCUT2D eigenvalue weighted by Gasteiger charge is -2.06. The quantitative estimate of drug-likeness (QED) is 0.641. The fourth-order valence-corrected chi connectivity index (χ4v) is 2.02. The molecule has 0 aromatic heterocycles. The summed E-state index contributed by atoms with van der Waals surface area (Å²) < 4.78 is 5.00. The minimum absolute atomic E-state index is 0.0999. The van der Waals surface area contributed by atoms with Crippen molar-refractivity contribution in [2.75, 3.05) is 12.9 Å². The predicted octanol–water partition coefficient (Wildman–Crippen LogP) is 2.90. The number of thioether (sulfide) groups is 1. The van der Waals surface area contributed by atoms with E-state index >= 15 is 0 Å². The van der Waals surface area contributed by atoms with Gasteiger partial charge >= 0.3 is 0 Å². The Kier molecular flexibility index (Phi) is 6.15. The Hall–Kier alpha value is -1.75. The average molecular weight is 280 g/mol. The van der Waals surface area contributed by atoms with Gasteiger partial charge in [0, 0.05) is 12.7 Å².